The van der Waals surface area contributed by atoms with Gasteiger partial charge in [0, 0.05) is 42.1 Å². The Balaban J connectivity index is 1.44. The van der Waals surface area contributed by atoms with Crippen molar-refractivity contribution in [3.8, 4) is 11.3 Å². The number of morpholine rings is 1. The van der Waals surface area contributed by atoms with Gasteiger partial charge in [0.1, 0.15) is 12.2 Å². The van der Waals surface area contributed by atoms with Crippen molar-refractivity contribution in [1.29, 1.82) is 0 Å². The van der Waals surface area contributed by atoms with Crippen LogP contribution in [-0.2, 0) is 16.0 Å². The third-order valence-corrected chi connectivity index (χ3v) is 6.61. The maximum Gasteiger partial charge on any atom is 0.239 e. The lowest BCUT2D eigenvalue weighted by Gasteiger charge is -2.29. The van der Waals surface area contributed by atoms with Crippen molar-refractivity contribution < 1.29 is 9.53 Å². The molecule has 0 bridgehead atoms. The van der Waals surface area contributed by atoms with Crippen molar-refractivity contribution in [1.82, 2.24) is 19.9 Å². The van der Waals surface area contributed by atoms with E-state index in [1.165, 1.54) is 0 Å². The van der Waals surface area contributed by atoms with Crippen molar-refractivity contribution in [3.05, 3.63) is 71.9 Å². The third kappa shape index (κ3) is 3.47. The molecular formula is C26H24N6O2. The molecule has 1 atom stereocenters. The Morgan fingerprint density at radius 3 is 2.74 bits per heavy atom. The standard InChI is InChI=1S/C26H24N6O2/c1-2-16-3-4-17(13-20(16)22-24-25(31-26(22)33)28-8-7-27-24)23-19-6-5-18(14-21(19)29-15-30-23)32-9-11-34-12-10-32/h3-8,13-15,22H,2,9-12H2,1H3,(H,28,31,33). The molecule has 8 heteroatoms. The second kappa shape index (κ2) is 8.46. The Labute approximate surface area is 197 Å². The van der Waals surface area contributed by atoms with E-state index >= 15 is 0 Å². The lowest BCUT2D eigenvalue weighted by molar-refractivity contribution is -0.116. The van der Waals surface area contributed by atoms with Crippen molar-refractivity contribution in [2.45, 2.75) is 19.3 Å². The fraction of sp³-hybridized carbons (Fsp3) is 0.269. The monoisotopic (exact) mass is 452 g/mol. The van der Waals surface area contributed by atoms with Gasteiger partial charge in [-0.05, 0) is 41.8 Å². The average Bonchev–Trinajstić information content (AvgIpc) is 3.23. The van der Waals surface area contributed by atoms with Crippen LogP contribution in [0.4, 0.5) is 11.5 Å². The lowest BCUT2D eigenvalue weighted by Crippen LogP contribution is -2.36. The Morgan fingerprint density at radius 1 is 1.03 bits per heavy atom. The van der Waals surface area contributed by atoms with Gasteiger partial charge in [0.25, 0.3) is 0 Å². The highest BCUT2D eigenvalue weighted by Crippen LogP contribution is 2.38. The topological polar surface area (TPSA) is 93.1 Å². The van der Waals surface area contributed by atoms with Gasteiger partial charge in [-0.25, -0.2) is 15.0 Å². The first-order valence-electron chi connectivity index (χ1n) is 11.6. The van der Waals surface area contributed by atoms with Gasteiger partial charge in [-0.3, -0.25) is 9.78 Å². The van der Waals surface area contributed by atoms with Gasteiger partial charge >= 0.3 is 0 Å². The molecular weight excluding hydrogens is 428 g/mol. The molecule has 8 nitrogen and oxygen atoms in total. The molecule has 2 aromatic carbocycles. The van der Waals surface area contributed by atoms with E-state index in [9.17, 15) is 4.79 Å². The van der Waals surface area contributed by atoms with E-state index in [0.29, 0.717) is 11.5 Å². The summed E-state index contributed by atoms with van der Waals surface area (Å²) in [6.45, 7) is 5.32. The summed E-state index contributed by atoms with van der Waals surface area (Å²) in [6.07, 6.45) is 5.64. The number of anilines is 2. The highest BCUT2D eigenvalue weighted by Gasteiger charge is 2.35. The number of hydrogen-bond acceptors (Lipinski definition) is 7. The zero-order valence-electron chi connectivity index (χ0n) is 18.9. The smallest absolute Gasteiger partial charge is 0.239 e. The number of ether oxygens (including phenoxy) is 1. The highest BCUT2D eigenvalue weighted by atomic mass is 16.5. The summed E-state index contributed by atoms with van der Waals surface area (Å²) < 4.78 is 5.48. The van der Waals surface area contributed by atoms with Gasteiger partial charge in [-0.1, -0.05) is 19.1 Å². The first-order chi connectivity index (χ1) is 16.7. The van der Waals surface area contributed by atoms with Crippen LogP contribution in [0, 0.1) is 0 Å². The molecule has 4 heterocycles. The van der Waals surface area contributed by atoms with Crippen LogP contribution in [0.3, 0.4) is 0 Å². The van der Waals surface area contributed by atoms with Crippen LogP contribution in [-0.4, -0.2) is 52.1 Å². The third-order valence-electron chi connectivity index (χ3n) is 6.61. The zero-order valence-corrected chi connectivity index (χ0v) is 18.9. The molecule has 2 aromatic heterocycles. The minimum absolute atomic E-state index is 0.101. The van der Waals surface area contributed by atoms with Gasteiger partial charge in [0.05, 0.1) is 30.1 Å². The minimum atomic E-state index is -0.486. The normalized spacial score (nSPS) is 17.6. The molecule has 1 saturated heterocycles. The predicted octanol–water partition coefficient (Wildman–Crippen LogP) is 3.57. The number of benzene rings is 2. The first kappa shape index (κ1) is 20.7. The van der Waals surface area contributed by atoms with Gasteiger partial charge in [0.2, 0.25) is 5.91 Å². The number of fused-ring (bicyclic) bond motifs is 2. The van der Waals surface area contributed by atoms with E-state index < -0.39 is 5.92 Å². The van der Waals surface area contributed by atoms with E-state index in [-0.39, 0.29) is 5.91 Å². The number of rotatable bonds is 4. The van der Waals surface area contributed by atoms with E-state index in [2.05, 4.69) is 73.5 Å². The highest BCUT2D eigenvalue weighted by molar-refractivity contribution is 6.04. The van der Waals surface area contributed by atoms with Gasteiger partial charge in [-0.2, -0.15) is 0 Å². The van der Waals surface area contributed by atoms with E-state index in [4.69, 9.17) is 4.74 Å². The number of hydrogen-bond donors (Lipinski definition) is 1. The summed E-state index contributed by atoms with van der Waals surface area (Å²) in [7, 11) is 0. The summed E-state index contributed by atoms with van der Waals surface area (Å²) in [6, 6.07) is 12.6. The number of aryl methyl sites for hydroxylation is 1. The Morgan fingerprint density at radius 2 is 1.88 bits per heavy atom. The maximum absolute atomic E-state index is 12.9. The van der Waals surface area contributed by atoms with E-state index in [0.717, 1.165) is 71.7 Å². The SMILES string of the molecule is CCc1ccc(-c2ncnc3cc(N4CCOCC4)ccc23)cc1C1C(=O)Nc2nccnc21. The number of nitrogens with zero attached hydrogens (tertiary/aromatic N) is 5. The van der Waals surface area contributed by atoms with Crippen LogP contribution in [0.1, 0.15) is 29.7 Å². The molecule has 2 aliphatic rings. The molecule has 34 heavy (non-hydrogen) atoms. The predicted molar refractivity (Wildman–Crippen MR) is 130 cm³/mol. The summed E-state index contributed by atoms with van der Waals surface area (Å²) in [4.78, 5) is 33.2. The first-order valence-corrected chi connectivity index (χ1v) is 11.6. The lowest BCUT2D eigenvalue weighted by atomic mass is 9.88. The van der Waals surface area contributed by atoms with Crippen molar-refractivity contribution >= 4 is 28.3 Å². The molecule has 6 rings (SSSR count). The zero-order chi connectivity index (χ0) is 23.1. The van der Waals surface area contributed by atoms with Crippen molar-refractivity contribution in [3.63, 3.8) is 0 Å². The summed E-state index contributed by atoms with van der Waals surface area (Å²) >= 11 is 0. The van der Waals surface area contributed by atoms with Crippen LogP contribution >= 0.6 is 0 Å². The second-order valence-electron chi connectivity index (χ2n) is 8.50. The molecule has 1 amide bonds. The molecule has 0 spiro atoms. The number of amides is 1. The van der Waals surface area contributed by atoms with E-state index in [1.54, 1.807) is 18.7 Å². The largest absolute Gasteiger partial charge is 0.378 e. The van der Waals surface area contributed by atoms with Crippen molar-refractivity contribution in [2.75, 3.05) is 36.5 Å². The minimum Gasteiger partial charge on any atom is -0.378 e. The molecule has 0 radical (unpaired) electrons. The van der Waals surface area contributed by atoms with Crippen LogP contribution < -0.4 is 10.2 Å². The molecule has 170 valence electrons. The summed E-state index contributed by atoms with van der Waals surface area (Å²) in [5.74, 6) is -0.0524. The van der Waals surface area contributed by atoms with Crippen LogP contribution in [0.5, 0.6) is 0 Å². The molecule has 0 aliphatic carbocycles. The Bertz CT molecular complexity index is 1400. The number of carbonyl (C=O) groups excluding carboxylic acids is 1. The summed E-state index contributed by atoms with van der Waals surface area (Å²) in [5, 5.41) is 3.85. The molecule has 2 aliphatic heterocycles. The average molecular weight is 453 g/mol. The fourth-order valence-corrected chi connectivity index (χ4v) is 4.88. The van der Waals surface area contributed by atoms with Gasteiger partial charge in [0.15, 0.2) is 5.82 Å². The second-order valence-corrected chi connectivity index (χ2v) is 8.50. The van der Waals surface area contributed by atoms with Crippen molar-refractivity contribution in [2.24, 2.45) is 0 Å². The Hall–Kier alpha value is -3.91. The van der Waals surface area contributed by atoms with E-state index in [1.807, 2.05) is 0 Å². The Kier molecular flexibility index (Phi) is 5.15. The molecule has 4 aromatic rings. The van der Waals surface area contributed by atoms with Crippen LogP contribution in [0.25, 0.3) is 22.2 Å². The fourth-order valence-electron chi connectivity index (χ4n) is 4.88. The van der Waals surface area contributed by atoms with Gasteiger partial charge < -0.3 is 15.0 Å². The molecule has 0 saturated carbocycles. The van der Waals surface area contributed by atoms with Crippen LogP contribution in [0.15, 0.2) is 55.1 Å². The molecule has 1 fully saturated rings. The summed E-state index contributed by atoms with van der Waals surface area (Å²) in [5.41, 5.74) is 6.54. The van der Waals surface area contributed by atoms with Crippen LogP contribution in [0.2, 0.25) is 0 Å². The molecule has 1 unspecified atom stereocenters. The quantitative estimate of drug-likeness (QED) is 0.506. The number of nitrogens with one attached hydrogen (secondary N) is 1. The number of aromatic nitrogens is 4. The maximum atomic E-state index is 12.9. The van der Waals surface area contributed by atoms with Gasteiger partial charge in [-0.15, -0.1) is 0 Å². The number of carbonyl (C=O) groups is 1. The molecule has 1 N–H and O–H groups in total.